The smallest absolute Gasteiger partial charge is 0.295 e. The number of aliphatic hydroxyl groups is 1. The molecule has 19 heavy (non-hydrogen) atoms. The lowest BCUT2D eigenvalue weighted by Crippen LogP contribution is -2.42. The standard InChI is InChI=1S/C12H14BrFN2O3/c13-9-6-11(12(16(18)19)7-10(9)14)15(4-5-17)8-2-1-3-8/h6-8,17H,1-5H2. The van der Waals surface area contributed by atoms with E-state index in [9.17, 15) is 14.5 Å². The van der Waals surface area contributed by atoms with Crippen molar-refractivity contribution in [2.45, 2.75) is 25.3 Å². The Morgan fingerprint density at radius 1 is 1.53 bits per heavy atom. The lowest BCUT2D eigenvalue weighted by atomic mass is 9.91. The molecule has 0 unspecified atom stereocenters. The number of anilines is 1. The van der Waals surface area contributed by atoms with Crippen LogP contribution in [0, 0.1) is 15.9 Å². The van der Waals surface area contributed by atoms with Crippen molar-refractivity contribution in [3.8, 4) is 0 Å². The molecule has 0 radical (unpaired) electrons. The molecule has 7 heteroatoms. The largest absolute Gasteiger partial charge is 0.395 e. The van der Waals surface area contributed by atoms with Crippen molar-refractivity contribution in [1.82, 2.24) is 0 Å². The van der Waals surface area contributed by atoms with Crippen LogP contribution in [0.4, 0.5) is 15.8 Å². The van der Waals surface area contributed by atoms with Crippen LogP contribution in [0.2, 0.25) is 0 Å². The molecule has 104 valence electrons. The maximum atomic E-state index is 13.4. The van der Waals surface area contributed by atoms with Crippen molar-refractivity contribution >= 4 is 27.3 Å². The number of aliphatic hydroxyl groups excluding tert-OH is 1. The third-order valence-electron chi connectivity index (χ3n) is 3.38. The number of nitrogens with zero attached hydrogens (tertiary/aromatic N) is 2. The Labute approximate surface area is 118 Å². The third kappa shape index (κ3) is 2.87. The molecule has 1 aliphatic rings. The van der Waals surface area contributed by atoms with Crippen LogP contribution in [0.25, 0.3) is 0 Å². The zero-order valence-electron chi connectivity index (χ0n) is 10.2. The van der Waals surface area contributed by atoms with Gasteiger partial charge >= 0.3 is 0 Å². The molecule has 1 fully saturated rings. The quantitative estimate of drug-likeness (QED) is 0.665. The molecule has 1 saturated carbocycles. The number of rotatable bonds is 5. The summed E-state index contributed by atoms with van der Waals surface area (Å²) < 4.78 is 13.6. The molecular formula is C12H14BrFN2O3. The lowest BCUT2D eigenvalue weighted by molar-refractivity contribution is -0.384. The van der Waals surface area contributed by atoms with E-state index in [1.165, 1.54) is 6.07 Å². The summed E-state index contributed by atoms with van der Waals surface area (Å²) in [6.45, 7) is 0.215. The zero-order chi connectivity index (χ0) is 14.0. The normalized spacial score (nSPS) is 15.1. The minimum Gasteiger partial charge on any atom is -0.395 e. The summed E-state index contributed by atoms with van der Waals surface area (Å²) in [6.07, 6.45) is 2.95. The summed E-state index contributed by atoms with van der Waals surface area (Å²) in [6, 6.07) is 2.52. The van der Waals surface area contributed by atoms with Crippen molar-refractivity contribution in [1.29, 1.82) is 0 Å². The minimum absolute atomic E-state index is 0.0946. The third-order valence-corrected chi connectivity index (χ3v) is 3.99. The zero-order valence-corrected chi connectivity index (χ0v) is 11.8. The molecule has 1 aromatic rings. The fraction of sp³-hybridized carbons (Fsp3) is 0.500. The first kappa shape index (κ1) is 14.2. The van der Waals surface area contributed by atoms with E-state index in [2.05, 4.69) is 15.9 Å². The van der Waals surface area contributed by atoms with E-state index in [0.717, 1.165) is 25.3 Å². The van der Waals surface area contributed by atoms with Gasteiger partial charge in [0.25, 0.3) is 5.69 Å². The van der Waals surface area contributed by atoms with E-state index >= 15 is 0 Å². The molecule has 0 atom stereocenters. The van der Waals surface area contributed by atoms with E-state index in [1.807, 2.05) is 0 Å². The van der Waals surface area contributed by atoms with Crippen molar-refractivity contribution in [2.75, 3.05) is 18.1 Å². The van der Waals surface area contributed by atoms with Crippen molar-refractivity contribution < 1.29 is 14.4 Å². The molecule has 0 aliphatic heterocycles. The molecule has 0 heterocycles. The van der Waals surface area contributed by atoms with Crippen LogP contribution in [0.1, 0.15) is 19.3 Å². The van der Waals surface area contributed by atoms with Gasteiger partial charge in [-0.25, -0.2) is 4.39 Å². The van der Waals surface area contributed by atoms with Crippen LogP contribution < -0.4 is 4.90 Å². The topological polar surface area (TPSA) is 66.6 Å². The van der Waals surface area contributed by atoms with Crippen LogP contribution in [-0.4, -0.2) is 29.2 Å². The van der Waals surface area contributed by atoms with Gasteiger partial charge in [0.15, 0.2) is 0 Å². The predicted molar refractivity (Wildman–Crippen MR) is 72.8 cm³/mol. The van der Waals surface area contributed by atoms with Crippen LogP contribution in [0.15, 0.2) is 16.6 Å². The van der Waals surface area contributed by atoms with Gasteiger partial charge in [0.1, 0.15) is 11.5 Å². The summed E-state index contributed by atoms with van der Waals surface area (Å²) in [7, 11) is 0. The number of halogens is 2. The van der Waals surface area contributed by atoms with E-state index in [1.54, 1.807) is 4.90 Å². The first-order valence-electron chi connectivity index (χ1n) is 6.05. The van der Waals surface area contributed by atoms with Crippen LogP contribution in [0.5, 0.6) is 0 Å². The van der Waals surface area contributed by atoms with E-state index in [4.69, 9.17) is 5.11 Å². The van der Waals surface area contributed by atoms with Gasteiger partial charge in [-0.15, -0.1) is 0 Å². The number of benzene rings is 1. The molecule has 0 bridgehead atoms. The van der Waals surface area contributed by atoms with E-state index in [-0.39, 0.29) is 22.8 Å². The second-order valence-electron chi connectivity index (χ2n) is 4.51. The molecule has 0 spiro atoms. The summed E-state index contributed by atoms with van der Waals surface area (Å²) in [5, 5.41) is 20.2. The second-order valence-corrected chi connectivity index (χ2v) is 5.37. The van der Waals surface area contributed by atoms with Crippen molar-refractivity contribution in [2.24, 2.45) is 0 Å². The number of nitro benzene ring substituents is 1. The Morgan fingerprint density at radius 2 is 2.21 bits per heavy atom. The summed E-state index contributed by atoms with van der Waals surface area (Å²) in [5.74, 6) is -0.659. The molecule has 0 saturated heterocycles. The predicted octanol–water partition coefficient (Wildman–Crippen LogP) is 2.85. The number of nitro groups is 1. The highest BCUT2D eigenvalue weighted by Crippen LogP contribution is 2.37. The van der Waals surface area contributed by atoms with Crippen LogP contribution >= 0.6 is 15.9 Å². The molecule has 0 aromatic heterocycles. The maximum Gasteiger partial charge on any atom is 0.295 e. The Morgan fingerprint density at radius 3 is 2.68 bits per heavy atom. The van der Waals surface area contributed by atoms with Gasteiger partial charge in [-0.3, -0.25) is 10.1 Å². The van der Waals surface area contributed by atoms with Gasteiger partial charge < -0.3 is 10.0 Å². The monoisotopic (exact) mass is 332 g/mol. The highest BCUT2D eigenvalue weighted by molar-refractivity contribution is 9.10. The number of hydrogen-bond donors (Lipinski definition) is 1. The van der Waals surface area contributed by atoms with Crippen LogP contribution in [0.3, 0.4) is 0 Å². The maximum absolute atomic E-state index is 13.4. The van der Waals surface area contributed by atoms with Gasteiger partial charge in [-0.1, -0.05) is 0 Å². The van der Waals surface area contributed by atoms with Gasteiger partial charge in [-0.05, 0) is 41.3 Å². The highest BCUT2D eigenvalue weighted by atomic mass is 79.9. The number of hydrogen-bond acceptors (Lipinski definition) is 4. The SMILES string of the molecule is O=[N+]([O-])c1cc(F)c(Br)cc1N(CCO)C1CCC1. The van der Waals surface area contributed by atoms with Gasteiger partial charge in [0.05, 0.1) is 22.1 Å². The van der Waals surface area contributed by atoms with Gasteiger partial charge in [0, 0.05) is 12.6 Å². The van der Waals surface area contributed by atoms with Gasteiger partial charge in [0.2, 0.25) is 0 Å². The molecule has 2 rings (SSSR count). The average Bonchev–Trinajstić information content (AvgIpc) is 2.29. The van der Waals surface area contributed by atoms with Crippen molar-refractivity contribution in [3.63, 3.8) is 0 Å². The van der Waals surface area contributed by atoms with E-state index < -0.39 is 10.7 Å². The average molecular weight is 333 g/mol. The highest BCUT2D eigenvalue weighted by Gasteiger charge is 2.30. The molecule has 1 N–H and O–H groups in total. The summed E-state index contributed by atoms with van der Waals surface area (Å²) in [4.78, 5) is 12.3. The summed E-state index contributed by atoms with van der Waals surface area (Å²) in [5.41, 5.74) is 0.0954. The van der Waals surface area contributed by atoms with Gasteiger partial charge in [-0.2, -0.15) is 0 Å². The fourth-order valence-electron chi connectivity index (χ4n) is 2.21. The van der Waals surface area contributed by atoms with Crippen LogP contribution in [-0.2, 0) is 0 Å². The fourth-order valence-corrected chi connectivity index (χ4v) is 2.54. The first-order valence-corrected chi connectivity index (χ1v) is 6.85. The molecule has 1 aromatic carbocycles. The molecule has 0 amide bonds. The Bertz CT molecular complexity index is 494. The first-order chi connectivity index (χ1) is 9.04. The lowest BCUT2D eigenvalue weighted by Gasteiger charge is -2.38. The molecule has 5 nitrogen and oxygen atoms in total. The summed E-state index contributed by atoms with van der Waals surface area (Å²) >= 11 is 3.05. The molecule has 1 aliphatic carbocycles. The minimum atomic E-state index is -0.659. The Kier molecular flexibility index (Phi) is 4.36. The second kappa shape index (κ2) is 5.83. The Balaban J connectivity index is 2.44. The molecular weight excluding hydrogens is 319 g/mol. The Hall–Kier alpha value is -1.21. The van der Waals surface area contributed by atoms with E-state index in [0.29, 0.717) is 12.2 Å². The van der Waals surface area contributed by atoms with Crippen molar-refractivity contribution in [3.05, 3.63) is 32.5 Å².